The maximum absolute atomic E-state index is 2.36. The zero-order valence-electron chi connectivity index (χ0n) is 26.1. The molecule has 0 saturated carbocycles. The number of hydrogen-bond donors (Lipinski definition) is 0. The average Bonchev–Trinajstić information content (AvgIpc) is 3.54. The lowest BCUT2D eigenvalue weighted by Crippen LogP contribution is -2.09. The minimum absolute atomic E-state index is 1.13. The Morgan fingerprint density at radius 2 is 0.979 bits per heavy atom. The fraction of sp³-hybridized carbons (Fsp3) is 0. The van der Waals surface area contributed by atoms with Gasteiger partial charge in [0, 0.05) is 37.2 Å². The fourth-order valence-electron chi connectivity index (χ4n) is 7.61. The van der Waals surface area contributed by atoms with Gasteiger partial charge in [-0.1, -0.05) is 127 Å². The zero-order chi connectivity index (χ0) is 31.6. The van der Waals surface area contributed by atoms with E-state index < -0.39 is 0 Å². The predicted octanol–water partition coefficient (Wildman–Crippen LogP) is 13.8. The summed E-state index contributed by atoms with van der Waals surface area (Å²) in [5.74, 6) is 0. The Bertz CT molecular complexity index is 2830. The Morgan fingerprint density at radius 1 is 0.333 bits per heavy atom. The molecule has 224 valence electrons. The molecule has 10 rings (SSSR count). The minimum atomic E-state index is 1.13. The second-order valence-electron chi connectivity index (χ2n) is 12.5. The van der Waals surface area contributed by atoms with E-state index in [2.05, 4.69) is 181 Å². The van der Waals surface area contributed by atoms with Crippen LogP contribution in [0.3, 0.4) is 0 Å². The monoisotopic (exact) mass is 627 g/mol. The fourth-order valence-corrected chi connectivity index (χ4v) is 8.73. The Balaban J connectivity index is 1.10. The molecule has 0 fully saturated rings. The molecular weight excluding hydrogens is 599 g/mol. The highest BCUT2D eigenvalue weighted by Crippen LogP contribution is 2.42. The van der Waals surface area contributed by atoms with E-state index in [1.54, 1.807) is 0 Å². The van der Waals surface area contributed by atoms with Gasteiger partial charge in [0.05, 0.1) is 0 Å². The molecule has 1 nitrogen and oxygen atoms in total. The molecule has 0 aliphatic rings. The molecule has 9 aromatic carbocycles. The quantitative estimate of drug-likeness (QED) is 0.176. The lowest BCUT2D eigenvalue weighted by Gasteiger charge is -2.26. The van der Waals surface area contributed by atoms with E-state index >= 15 is 0 Å². The van der Waals surface area contributed by atoms with Crippen molar-refractivity contribution in [2.75, 3.05) is 4.90 Å². The third-order valence-electron chi connectivity index (χ3n) is 9.82. The smallest absolute Gasteiger partial charge is 0.0468 e. The summed E-state index contributed by atoms with van der Waals surface area (Å²) in [6.45, 7) is 0. The summed E-state index contributed by atoms with van der Waals surface area (Å²) < 4.78 is 2.67. The Hall–Kier alpha value is -5.96. The molecule has 10 aromatic rings. The van der Waals surface area contributed by atoms with Gasteiger partial charge in [0.2, 0.25) is 0 Å². The van der Waals surface area contributed by atoms with Crippen LogP contribution in [0.2, 0.25) is 0 Å². The zero-order valence-corrected chi connectivity index (χ0v) is 26.9. The van der Waals surface area contributed by atoms with Crippen molar-refractivity contribution in [2.24, 2.45) is 0 Å². The van der Waals surface area contributed by atoms with E-state index in [4.69, 9.17) is 0 Å². The van der Waals surface area contributed by atoms with Crippen molar-refractivity contribution >= 4 is 91.7 Å². The molecule has 1 heterocycles. The maximum Gasteiger partial charge on any atom is 0.0468 e. The summed E-state index contributed by atoms with van der Waals surface area (Å²) in [6.07, 6.45) is 0. The van der Waals surface area contributed by atoms with Gasteiger partial charge in [0.1, 0.15) is 0 Å². The van der Waals surface area contributed by atoms with Gasteiger partial charge in [0.15, 0.2) is 0 Å². The number of thiophene rings is 1. The third kappa shape index (κ3) is 4.24. The number of nitrogens with zero attached hydrogens (tertiary/aromatic N) is 1. The van der Waals surface area contributed by atoms with Gasteiger partial charge >= 0.3 is 0 Å². The number of fused-ring (bicyclic) bond motifs is 10. The van der Waals surface area contributed by atoms with Gasteiger partial charge in [-0.15, -0.1) is 11.3 Å². The Morgan fingerprint density at radius 3 is 1.88 bits per heavy atom. The van der Waals surface area contributed by atoms with Crippen LogP contribution >= 0.6 is 11.3 Å². The van der Waals surface area contributed by atoms with Gasteiger partial charge in [-0.05, 0) is 103 Å². The molecule has 0 aliphatic carbocycles. The van der Waals surface area contributed by atoms with Gasteiger partial charge in [-0.25, -0.2) is 0 Å². The summed E-state index contributed by atoms with van der Waals surface area (Å²) in [7, 11) is 0. The molecule has 0 atom stereocenters. The molecular formula is C46H29NS. The van der Waals surface area contributed by atoms with Crippen LogP contribution in [0.4, 0.5) is 17.1 Å². The van der Waals surface area contributed by atoms with Crippen molar-refractivity contribution in [3.05, 3.63) is 176 Å². The maximum atomic E-state index is 2.36. The highest BCUT2D eigenvalue weighted by Gasteiger charge is 2.16. The Labute approximate surface area is 282 Å². The number of hydrogen-bond acceptors (Lipinski definition) is 2. The average molecular weight is 628 g/mol. The number of anilines is 3. The van der Waals surface area contributed by atoms with Crippen molar-refractivity contribution < 1.29 is 0 Å². The van der Waals surface area contributed by atoms with Crippen LogP contribution in [0.5, 0.6) is 0 Å². The second kappa shape index (κ2) is 10.8. The molecule has 1 aromatic heterocycles. The SMILES string of the molecule is c1ccc(N(c2ccc(-c3cccc4c3ccc3ccc5ccccc5c34)cc2)c2ccc3c(ccc4sc5ccccc5c43)c2)cc1. The number of para-hydroxylation sites is 1. The lowest BCUT2D eigenvalue weighted by molar-refractivity contribution is 1.29. The number of benzene rings is 9. The highest BCUT2D eigenvalue weighted by atomic mass is 32.1. The minimum Gasteiger partial charge on any atom is -0.310 e. The van der Waals surface area contributed by atoms with Gasteiger partial charge in [-0.3, -0.25) is 0 Å². The summed E-state index contributed by atoms with van der Waals surface area (Å²) >= 11 is 1.87. The molecule has 0 saturated heterocycles. The van der Waals surface area contributed by atoms with E-state index in [1.165, 1.54) is 74.4 Å². The van der Waals surface area contributed by atoms with E-state index in [1.807, 2.05) is 11.3 Å². The van der Waals surface area contributed by atoms with E-state index in [0.717, 1.165) is 17.1 Å². The van der Waals surface area contributed by atoms with Crippen LogP contribution in [0.15, 0.2) is 176 Å². The molecule has 0 spiro atoms. The molecule has 48 heavy (non-hydrogen) atoms. The van der Waals surface area contributed by atoms with Crippen molar-refractivity contribution in [1.29, 1.82) is 0 Å². The number of rotatable bonds is 4. The van der Waals surface area contributed by atoms with E-state index in [9.17, 15) is 0 Å². The molecule has 0 aliphatic heterocycles. The van der Waals surface area contributed by atoms with Crippen LogP contribution in [0.25, 0.3) is 74.4 Å². The first-order valence-corrected chi connectivity index (χ1v) is 17.2. The summed E-state index contributed by atoms with van der Waals surface area (Å²) in [5, 5.41) is 13.0. The van der Waals surface area contributed by atoms with Crippen molar-refractivity contribution in [2.45, 2.75) is 0 Å². The van der Waals surface area contributed by atoms with Gasteiger partial charge in [-0.2, -0.15) is 0 Å². The summed E-state index contributed by atoms with van der Waals surface area (Å²) in [5.41, 5.74) is 5.86. The van der Waals surface area contributed by atoms with Crippen LogP contribution in [0.1, 0.15) is 0 Å². The van der Waals surface area contributed by atoms with Crippen LogP contribution in [0, 0.1) is 0 Å². The van der Waals surface area contributed by atoms with Gasteiger partial charge < -0.3 is 4.90 Å². The molecule has 0 unspecified atom stereocenters. The third-order valence-corrected chi connectivity index (χ3v) is 11.0. The Kier molecular flexibility index (Phi) is 6.12. The molecule has 0 radical (unpaired) electrons. The summed E-state index contributed by atoms with van der Waals surface area (Å²) in [4.78, 5) is 2.36. The molecule has 0 bridgehead atoms. The van der Waals surface area contributed by atoms with E-state index in [-0.39, 0.29) is 0 Å². The largest absolute Gasteiger partial charge is 0.310 e. The van der Waals surface area contributed by atoms with Crippen LogP contribution < -0.4 is 4.90 Å². The van der Waals surface area contributed by atoms with Crippen molar-refractivity contribution in [3.63, 3.8) is 0 Å². The normalized spacial score (nSPS) is 11.8. The second-order valence-corrected chi connectivity index (χ2v) is 13.6. The molecule has 0 amide bonds. The van der Waals surface area contributed by atoms with Crippen molar-refractivity contribution in [1.82, 2.24) is 0 Å². The van der Waals surface area contributed by atoms with Crippen LogP contribution in [-0.4, -0.2) is 0 Å². The first kappa shape index (κ1) is 27.2. The van der Waals surface area contributed by atoms with Gasteiger partial charge in [0.25, 0.3) is 0 Å². The first-order chi connectivity index (χ1) is 23.8. The molecule has 0 N–H and O–H groups in total. The van der Waals surface area contributed by atoms with Crippen molar-refractivity contribution in [3.8, 4) is 11.1 Å². The summed E-state index contributed by atoms with van der Waals surface area (Å²) in [6, 6.07) is 64.4. The topological polar surface area (TPSA) is 3.24 Å². The molecule has 2 heteroatoms. The first-order valence-electron chi connectivity index (χ1n) is 16.4. The predicted molar refractivity (Wildman–Crippen MR) is 209 cm³/mol. The lowest BCUT2D eigenvalue weighted by atomic mass is 9.92. The van der Waals surface area contributed by atoms with Crippen LogP contribution in [-0.2, 0) is 0 Å². The standard InChI is InChI=1S/C46H29NS/c1-2-10-34(11-3-1)47(36-25-27-39-33(29-36)22-28-44-46(39)42-13-6-7-16-43(42)48-44)35-23-19-31(20-24-35)37-14-8-15-41-40(37)26-21-32-18-17-30-9-4-5-12-38(30)45(32)41/h1-29H. The highest BCUT2D eigenvalue weighted by molar-refractivity contribution is 7.26. The van der Waals surface area contributed by atoms with E-state index in [0.29, 0.717) is 0 Å².